The lowest BCUT2D eigenvalue weighted by molar-refractivity contribution is 0.139. The molecule has 0 aliphatic heterocycles. The third-order valence-corrected chi connectivity index (χ3v) is 5.06. The van der Waals surface area contributed by atoms with E-state index in [-0.39, 0.29) is 12.0 Å². The standard InChI is InChI=1S/C16H18OS/c1-11-9-10-18-16(11)15(17)14-8-4-6-12-5-2-3-7-13(12)14/h2-3,5,7,9-10,14-15,17H,4,6,8H2,1H3. The third-order valence-electron chi connectivity index (χ3n) is 3.97. The van der Waals surface area contributed by atoms with Crippen LogP contribution in [0.4, 0.5) is 0 Å². The molecular weight excluding hydrogens is 240 g/mol. The van der Waals surface area contributed by atoms with Gasteiger partial charge in [-0.2, -0.15) is 0 Å². The van der Waals surface area contributed by atoms with Gasteiger partial charge in [0.15, 0.2) is 0 Å². The van der Waals surface area contributed by atoms with Crippen LogP contribution in [0.2, 0.25) is 0 Å². The molecule has 2 unspecified atom stereocenters. The molecule has 1 aromatic heterocycles. The highest BCUT2D eigenvalue weighted by molar-refractivity contribution is 7.10. The molecule has 0 spiro atoms. The Hall–Kier alpha value is -1.12. The average molecular weight is 258 g/mol. The molecule has 0 bridgehead atoms. The van der Waals surface area contributed by atoms with Crippen molar-refractivity contribution in [2.24, 2.45) is 0 Å². The first-order valence-corrected chi connectivity index (χ1v) is 7.45. The molecule has 18 heavy (non-hydrogen) atoms. The van der Waals surface area contributed by atoms with E-state index in [2.05, 4.69) is 42.6 Å². The number of rotatable bonds is 2. The quantitative estimate of drug-likeness (QED) is 0.855. The number of benzene rings is 1. The van der Waals surface area contributed by atoms with E-state index in [1.165, 1.54) is 23.1 Å². The number of aryl methyl sites for hydroxylation is 2. The fourth-order valence-corrected chi connectivity index (χ4v) is 3.97. The first-order chi connectivity index (χ1) is 8.77. The molecule has 1 nitrogen and oxygen atoms in total. The minimum atomic E-state index is -0.341. The highest BCUT2D eigenvalue weighted by atomic mass is 32.1. The van der Waals surface area contributed by atoms with E-state index in [0.29, 0.717) is 0 Å². The lowest BCUT2D eigenvalue weighted by atomic mass is 9.79. The van der Waals surface area contributed by atoms with Crippen LogP contribution in [0.5, 0.6) is 0 Å². The van der Waals surface area contributed by atoms with Crippen LogP contribution in [0.25, 0.3) is 0 Å². The Balaban J connectivity index is 1.97. The molecule has 2 atom stereocenters. The minimum absolute atomic E-state index is 0.271. The summed E-state index contributed by atoms with van der Waals surface area (Å²) in [4.78, 5) is 1.14. The van der Waals surface area contributed by atoms with Crippen molar-refractivity contribution >= 4 is 11.3 Å². The topological polar surface area (TPSA) is 20.2 Å². The van der Waals surface area contributed by atoms with Gasteiger partial charge in [0.1, 0.15) is 0 Å². The summed E-state index contributed by atoms with van der Waals surface area (Å²) >= 11 is 1.68. The second kappa shape index (κ2) is 4.87. The van der Waals surface area contributed by atoms with Crippen molar-refractivity contribution in [3.63, 3.8) is 0 Å². The molecule has 94 valence electrons. The Labute approximate surface area is 112 Å². The summed E-state index contributed by atoms with van der Waals surface area (Å²) in [5.74, 6) is 0.271. The molecule has 1 aliphatic rings. The Morgan fingerprint density at radius 3 is 2.89 bits per heavy atom. The Kier molecular flexibility index (Phi) is 3.23. The van der Waals surface area contributed by atoms with Gasteiger partial charge in [-0.3, -0.25) is 0 Å². The predicted molar refractivity (Wildman–Crippen MR) is 76.1 cm³/mol. The van der Waals surface area contributed by atoms with E-state index >= 15 is 0 Å². The average Bonchev–Trinajstić information content (AvgIpc) is 2.83. The molecule has 1 heterocycles. The summed E-state index contributed by atoms with van der Waals surface area (Å²) < 4.78 is 0. The Morgan fingerprint density at radius 2 is 2.11 bits per heavy atom. The molecule has 3 rings (SSSR count). The number of hydrogen-bond acceptors (Lipinski definition) is 2. The van der Waals surface area contributed by atoms with Crippen LogP contribution < -0.4 is 0 Å². The van der Waals surface area contributed by atoms with E-state index in [0.717, 1.165) is 17.7 Å². The monoisotopic (exact) mass is 258 g/mol. The molecule has 2 heteroatoms. The number of hydrogen-bond donors (Lipinski definition) is 1. The van der Waals surface area contributed by atoms with Gasteiger partial charge in [-0.05, 0) is 54.3 Å². The van der Waals surface area contributed by atoms with Gasteiger partial charge in [-0.25, -0.2) is 0 Å². The van der Waals surface area contributed by atoms with Gasteiger partial charge >= 0.3 is 0 Å². The van der Waals surface area contributed by atoms with Crippen molar-refractivity contribution < 1.29 is 5.11 Å². The summed E-state index contributed by atoms with van der Waals surface area (Å²) in [5.41, 5.74) is 3.99. The van der Waals surface area contributed by atoms with Crippen LogP contribution in [0.1, 0.15) is 46.4 Å². The molecule has 1 aromatic carbocycles. The van der Waals surface area contributed by atoms with E-state index in [1.807, 2.05) is 0 Å². The third kappa shape index (κ3) is 2.00. The maximum atomic E-state index is 10.7. The van der Waals surface area contributed by atoms with Gasteiger partial charge < -0.3 is 5.11 Å². The van der Waals surface area contributed by atoms with Crippen LogP contribution in [0.15, 0.2) is 35.7 Å². The number of thiophene rings is 1. The van der Waals surface area contributed by atoms with Crippen molar-refractivity contribution in [3.05, 3.63) is 57.3 Å². The van der Waals surface area contributed by atoms with Crippen LogP contribution in [-0.4, -0.2) is 5.11 Å². The smallest absolute Gasteiger partial charge is 0.0952 e. The van der Waals surface area contributed by atoms with Crippen molar-refractivity contribution in [3.8, 4) is 0 Å². The molecule has 1 N–H and O–H groups in total. The molecular formula is C16H18OS. The van der Waals surface area contributed by atoms with Gasteiger partial charge in [-0.15, -0.1) is 11.3 Å². The second-order valence-electron chi connectivity index (χ2n) is 5.11. The van der Waals surface area contributed by atoms with Crippen LogP contribution in [-0.2, 0) is 6.42 Å². The highest BCUT2D eigenvalue weighted by Gasteiger charge is 2.28. The molecule has 0 saturated heterocycles. The zero-order valence-corrected chi connectivity index (χ0v) is 11.4. The molecule has 2 aromatic rings. The van der Waals surface area contributed by atoms with E-state index in [1.54, 1.807) is 11.3 Å². The molecule has 0 saturated carbocycles. The van der Waals surface area contributed by atoms with Gasteiger partial charge in [0.05, 0.1) is 6.10 Å². The van der Waals surface area contributed by atoms with E-state index < -0.39 is 0 Å². The summed E-state index contributed by atoms with van der Waals surface area (Å²) in [6, 6.07) is 10.7. The lowest BCUT2D eigenvalue weighted by Gasteiger charge is -2.29. The number of fused-ring (bicyclic) bond motifs is 1. The molecule has 1 aliphatic carbocycles. The first kappa shape index (κ1) is 11.9. The number of aliphatic hydroxyl groups is 1. The van der Waals surface area contributed by atoms with Gasteiger partial charge in [-0.1, -0.05) is 24.3 Å². The summed E-state index contributed by atoms with van der Waals surface area (Å²) in [6.45, 7) is 2.09. The summed E-state index contributed by atoms with van der Waals surface area (Å²) in [6.07, 6.45) is 3.09. The molecule has 0 radical (unpaired) electrons. The van der Waals surface area contributed by atoms with E-state index in [9.17, 15) is 5.11 Å². The van der Waals surface area contributed by atoms with Crippen molar-refractivity contribution in [1.29, 1.82) is 0 Å². The zero-order chi connectivity index (χ0) is 12.5. The SMILES string of the molecule is Cc1ccsc1C(O)C1CCCc2ccccc21. The van der Waals surface area contributed by atoms with Crippen LogP contribution in [0, 0.1) is 6.92 Å². The van der Waals surface area contributed by atoms with E-state index in [4.69, 9.17) is 0 Å². The predicted octanol–water partition coefficient (Wildman–Crippen LogP) is 4.21. The normalized spacial score (nSPS) is 20.4. The fraction of sp³-hybridized carbons (Fsp3) is 0.375. The van der Waals surface area contributed by atoms with Crippen LogP contribution in [0.3, 0.4) is 0 Å². The zero-order valence-electron chi connectivity index (χ0n) is 10.6. The highest BCUT2D eigenvalue weighted by Crippen LogP contribution is 2.42. The van der Waals surface area contributed by atoms with Crippen LogP contribution >= 0.6 is 11.3 Å². The number of aliphatic hydroxyl groups excluding tert-OH is 1. The lowest BCUT2D eigenvalue weighted by Crippen LogP contribution is -2.16. The minimum Gasteiger partial charge on any atom is -0.387 e. The van der Waals surface area contributed by atoms with Crippen molar-refractivity contribution in [1.82, 2.24) is 0 Å². The summed E-state index contributed by atoms with van der Waals surface area (Å²) in [5, 5.41) is 12.7. The Bertz CT molecular complexity index is 544. The second-order valence-corrected chi connectivity index (χ2v) is 6.06. The van der Waals surface area contributed by atoms with Crippen molar-refractivity contribution in [2.45, 2.75) is 38.2 Å². The first-order valence-electron chi connectivity index (χ1n) is 6.57. The maximum absolute atomic E-state index is 10.7. The largest absolute Gasteiger partial charge is 0.387 e. The van der Waals surface area contributed by atoms with Crippen molar-refractivity contribution in [2.75, 3.05) is 0 Å². The van der Waals surface area contributed by atoms with Gasteiger partial charge in [0.25, 0.3) is 0 Å². The molecule has 0 fully saturated rings. The molecule has 0 amide bonds. The van der Waals surface area contributed by atoms with Gasteiger partial charge in [0, 0.05) is 10.8 Å². The maximum Gasteiger partial charge on any atom is 0.0952 e. The fourth-order valence-electron chi connectivity index (χ4n) is 2.99. The Morgan fingerprint density at radius 1 is 1.28 bits per heavy atom. The van der Waals surface area contributed by atoms with Gasteiger partial charge in [0.2, 0.25) is 0 Å². The summed E-state index contributed by atoms with van der Waals surface area (Å²) in [7, 11) is 0.